The fourth-order valence-corrected chi connectivity index (χ4v) is 2.59. The monoisotopic (exact) mass is 273 g/mol. The topological polar surface area (TPSA) is 80.1 Å². The summed E-state index contributed by atoms with van der Waals surface area (Å²) < 4.78 is 5.24. The number of carbonyl (C=O) groups is 1. The Hall–Kier alpha value is -1.85. The van der Waals surface area contributed by atoms with Crippen LogP contribution in [0.1, 0.15) is 12.0 Å². The zero-order valence-electron chi connectivity index (χ0n) is 11.3. The predicted molar refractivity (Wildman–Crippen MR) is 77.3 cm³/mol. The largest absolute Gasteiger partial charge is 0.379 e. The SMILES string of the molecule is NC(Cc1c[nH]c2ccccc12)C(=O)NC1CCOC1. The van der Waals surface area contributed by atoms with E-state index in [-0.39, 0.29) is 11.9 Å². The van der Waals surface area contributed by atoms with Gasteiger partial charge in [-0.05, 0) is 24.5 Å². The first-order valence-electron chi connectivity index (χ1n) is 6.93. The standard InChI is InChI=1S/C15H19N3O2/c16-13(15(19)18-11-5-6-20-9-11)7-10-8-17-14-4-2-1-3-12(10)14/h1-4,8,11,13,17H,5-7,9,16H2,(H,18,19). The summed E-state index contributed by atoms with van der Waals surface area (Å²) >= 11 is 0. The summed E-state index contributed by atoms with van der Waals surface area (Å²) in [6.07, 6.45) is 3.32. The second kappa shape index (κ2) is 5.64. The van der Waals surface area contributed by atoms with Crippen LogP contribution in [0.3, 0.4) is 0 Å². The molecule has 0 radical (unpaired) electrons. The number of ether oxygens (including phenoxy) is 1. The van der Waals surface area contributed by atoms with E-state index in [2.05, 4.69) is 10.3 Å². The average Bonchev–Trinajstić information content (AvgIpc) is 3.09. The van der Waals surface area contributed by atoms with Gasteiger partial charge < -0.3 is 20.8 Å². The van der Waals surface area contributed by atoms with Gasteiger partial charge in [-0.1, -0.05) is 18.2 Å². The second-order valence-electron chi connectivity index (χ2n) is 5.24. The quantitative estimate of drug-likeness (QED) is 0.775. The first-order valence-corrected chi connectivity index (χ1v) is 6.93. The van der Waals surface area contributed by atoms with Crippen molar-refractivity contribution in [2.24, 2.45) is 5.73 Å². The van der Waals surface area contributed by atoms with E-state index < -0.39 is 6.04 Å². The van der Waals surface area contributed by atoms with Gasteiger partial charge in [-0.25, -0.2) is 0 Å². The number of hydrogen-bond acceptors (Lipinski definition) is 3. The fraction of sp³-hybridized carbons (Fsp3) is 0.400. The lowest BCUT2D eigenvalue weighted by Gasteiger charge is -2.15. The van der Waals surface area contributed by atoms with Crippen LogP contribution in [0, 0.1) is 0 Å². The Morgan fingerprint density at radius 3 is 3.15 bits per heavy atom. The van der Waals surface area contributed by atoms with Crippen LogP contribution in [-0.4, -0.2) is 36.2 Å². The van der Waals surface area contributed by atoms with Crippen LogP contribution in [-0.2, 0) is 16.0 Å². The first-order chi connectivity index (χ1) is 9.74. The molecule has 1 aliphatic rings. The highest BCUT2D eigenvalue weighted by atomic mass is 16.5. The van der Waals surface area contributed by atoms with Gasteiger partial charge >= 0.3 is 0 Å². The molecule has 1 fully saturated rings. The molecule has 3 rings (SSSR count). The van der Waals surface area contributed by atoms with Crippen molar-refractivity contribution < 1.29 is 9.53 Å². The molecule has 1 amide bonds. The molecule has 2 aromatic rings. The van der Waals surface area contributed by atoms with Gasteiger partial charge in [-0.2, -0.15) is 0 Å². The molecular weight excluding hydrogens is 254 g/mol. The third kappa shape index (κ3) is 2.69. The molecule has 0 saturated carbocycles. The van der Waals surface area contributed by atoms with E-state index in [1.54, 1.807) is 0 Å². The molecule has 5 heteroatoms. The lowest BCUT2D eigenvalue weighted by molar-refractivity contribution is -0.123. The van der Waals surface area contributed by atoms with Gasteiger partial charge in [0.2, 0.25) is 5.91 Å². The molecule has 1 aromatic heterocycles. The van der Waals surface area contributed by atoms with Crippen LogP contribution in [0.15, 0.2) is 30.5 Å². The molecule has 20 heavy (non-hydrogen) atoms. The smallest absolute Gasteiger partial charge is 0.237 e. The van der Waals surface area contributed by atoms with Crippen molar-refractivity contribution in [3.8, 4) is 0 Å². The fourth-order valence-electron chi connectivity index (χ4n) is 2.59. The highest BCUT2D eigenvalue weighted by Crippen LogP contribution is 2.18. The summed E-state index contributed by atoms with van der Waals surface area (Å²) in [5, 5.41) is 4.06. The van der Waals surface area contributed by atoms with E-state index in [1.165, 1.54) is 0 Å². The third-order valence-electron chi connectivity index (χ3n) is 3.73. The normalized spacial score (nSPS) is 20.1. The van der Waals surface area contributed by atoms with Crippen LogP contribution >= 0.6 is 0 Å². The zero-order valence-corrected chi connectivity index (χ0v) is 11.3. The van der Waals surface area contributed by atoms with E-state index in [9.17, 15) is 4.79 Å². The summed E-state index contributed by atoms with van der Waals surface area (Å²) in [6, 6.07) is 7.60. The van der Waals surface area contributed by atoms with Crippen molar-refractivity contribution in [2.45, 2.75) is 24.9 Å². The Morgan fingerprint density at radius 1 is 1.50 bits per heavy atom. The first kappa shape index (κ1) is 13.1. The van der Waals surface area contributed by atoms with Gasteiger partial charge in [0.25, 0.3) is 0 Å². The number of nitrogens with two attached hydrogens (primary N) is 1. The van der Waals surface area contributed by atoms with Gasteiger partial charge in [-0.15, -0.1) is 0 Å². The number of aromatic amines is 1. The molecule has 4 N–H and O–H groups in total. The molecule has 106 valence electrons. The van der Waals surface area contributed by atoms with Crippen molar-refractivity contribution in [2.75, 3.05) is 13.2 Å². The Morgan fingerprint density at radius 2 is 2.35 bits per heavy atom. The molecule has 1 saturated heterocycles. The Labute approximate surface area is 117 Å². The molecule has 1 aromatic carbocycles. The maximum atomic E-state index is 12.1. The van der Waals surface area contributed by atoms with E-state index in [4.69, 9.17) is 10.5 Å². The average molecular weight is 273 g/mol. The summed E-state index contributed by atoms with van der Waals surface area (Å²) in [5.74, 6) is -0.106. The molecule has 2 heterocycles. The molecule has 0 bridgehead atoms. The number of aromatic nitrogens is 1. The highest BCUT2D eigenvalue weighted by molar-refractivity contribution is 5.86. The second-order valence-corrected chi connectivity index (χ2v) is 5.24. The number of carbonyl (C=O) groups excluding carboxylic acids is 1. The summed E-state index contributed by atoms with van der Waals surface area (Å²) in [6.45, 7) is 1.30. The Balaban J connectivity index is 1.65. The minimum Gasteiger partial charge on any atom is -0.379 e. The molecule has 2 atom stereocenters. The van der Waals surface area contributed by atoms with Crippen molar-refractivity contribution in [3.63, 3.8) is 0 Å². The van der Waals surface area contributed by atoms with Crippen molar-refractivity contribution in [1.82, 2.24) is 10.3 Å². The molecule has 5 nitrogen and oxygen atoms in total. The van der Waals surface area contributed by atoms with Gasteiger partial charge in [0, 0.05) is 23.7 Å². The molecule has 2 unspecified atom stereocenters. The molecule has 0 aliphatic carbocycles. The number of amides is 1. The van der Waals surface area contributed by atoms with E-state index in [1.807, 2.05) is 30.5 Å². The number of nitrogens with one attached hydrogen (secondary N) is 2. The lowest BCUT2D eigenvalue weighted by Crippen LogP contribution is -2.46. The summed E-state index contributed by atoms with van der Waals surface area (Å²) in [5.41, 5.74) is 8.15. The predicted octanol–water partition coefficient (Wildman–Crippen LogP) is 0.943. The lowest BCUT2D eigenvalue weighted by atomic mass is 10.0. The Bertz CT molecular complexity index is 602. The summed E-state index contributed by atoms with van der Waals surface area (Å²) in [4.78, 5) is 15.3. The van der Waals surface area contributed by atoms with Crippen LogP contribution in [0.2, 0.25) is 0 Å². The van der Waals surface area contributed by atoms with E-state index in [0.29, 0.717) is 19.6 Å². The van der Waals surface area contributed by atoms with Gasteiger partial charge in [0.05, 0.1) is 18.7 Å². The van der Waals surface area contributed by atoms with Crippen LogP contribution in [0.4, 0.5) is 0 Å². The Kier molecular flexibility index (Phi) is 3.71. The van der Waals surface area contributed by atoms with Gasteiger partial charge in [-0.3, -0.25) is 4.79 Å². The van der Waals surface area contributed by atoms with Gasteiger partial charge in [0.1, 0.15) is 0 Å². The van der Waals surface area contributed by atoms with E-state index in [0.717, 1.165) is 22.9 Å². The molecule has 1 aliphatic heterocycles. The third-order valence-corrected chi connectivity index (χ3v) is 3.73. The number of para-hydroxylation sites is 1. The van der Waals surface area contributed by atoms with Crippen LogP contribution in [0.5, 0.6) is 0 Å². The maximum Gasteiger partial charge on any atom is 0.237 e. The number of rotatable bonds is 4. The zero-order chi connectivity index (χ0) is 13.9. The highest BCUT2D eigenvalue weighted by Gasteiger charge is 2.22. The van der Waals surface area contributed by atoms with Crippen molar-refractivity contribution in [3.05, 3.63) is 36.0 Å². The number of benzene rings is 1. The minimum absolute atomic E-state index is 0.106. The number of hydrogen-bond donors (Lipinski definition) is 3. The molecular formula is C15H19N3O2. The maximum absolute atomic E-state index is 12.1. The van der Waals surface area contributed by atoms with E-state index >= 15 is 0 Å². The van der Waals surface area contributed by atoms with Crippen LogP contribution in [0.25, 0.3) is 10.9 Å². The summed E-state index contributed by atoms with van der Waals surface area (Å²) in [7, 11) is 0. The van der Waals surface area contributed by atoms with Gasteiger partial charge in [0.15, 0.2) is 0 Å². The molecule has 0 spiro atoms. The van der Waals surface area contributed by atoms with Crippen LogP contribution < -0.4 is 11.1 Å². The minimum atomic E-state index is -0.533. The number of H-pyrrole nitrogens is 1. The number of fused-ring (bicyclic) bond motifs is 1. The van der Waals surface area contributed by atoms with Crippen molar-refractivity contribution >= 4 is 16.8 Å². The van der Waals surface area contributed by atoms with Crippen molar-refractivity contribution in [1.29, 1.82) is 0 Å².